The Morgan fingerprint density at radius 1 is 1.33 bits per heavy atom. The van der Waals surface area contributed by atoms with E-state index in [-0.39, 0.29) is 48.5 Å². The Bertz CT molecular complexity index is 582. The molecule has 1 saturated heterocycles. The number of morpholine rings is 1. The molecule has 1 aliphatic rings. The zero-order chi connectivity index (χ0) is 14.9. The van der Waals surface area contributed by atoms with Crippen LogP contribution in [0.2, 0.25) is 0 Å². The van der Waals surface area contributed by atoms with Crippen molar-refractivity contribution in [2.24, 2.45) is 0 Å². The predicted molar refractivity (Wildman–Crippen MR) is 96.5 cm³/mol. The third-order valence-corrected chi connectivity index (χ3v) is 5.76. The minimum absolute atomic E-state index is 0. The Morgan fingerprint density at radius 3 is 2.57 bits per heavy atom. The van der Waals surface area contributed by atoms with Crippen molar-refractivity contribution < 1.29 is 49.0 Å². The van der Waals surface area contributed by atoms with E-state index in [1.54, 1.807) is 4.90 Å². The molecule has 0 radical (unpaired) electrons. The number of aliphatic carboxylic acids is 1. The maximum Gasteiger partial charge on any atom is 1.00 e. The second kappa shape index (κ2) is 8.97. The molecule has 1 amide bonds. The molecule has 0 aliphatic carbocycles. The van der Waals surface area contributed by atoms with Crippen LogP contribution < -0.4 is 39.6 Å². The first-order valence-corrected chi connectivity index (χ1v) is 8.89. The summed E-state index contributed by atoms with van der Waals surface area (Å²) in [6.07, 6.45) is -0.154. The molecule has 1 fully saturated rings. The van der Waals surface area contributed by atoms with Gasteiger partial charge in [0.15, 0.2) is 0 Å². The van der Waals surface area contributed by atoms with Gasteiger partial charge < -0.3 is 19.5 Å². The third-order valence-electron chi connectivity index (χ3n) is 2.82. The number of halogens is 3. The summed E-state index contributed by atoms with van der Waals surface area (Å²) in [6.45, 7) is 1.03. The topological polar surface area (TPSA) is 69.7 Å². The summed E-state index contributed by atoms with van der Waals surface area (Å²) in [6, 6.07) is 1.89. The van der Waals surface area contributed by atoms with E-state index in [1.165, 1.54) is 0 Å². The van der Waals surface area contributed by atoms with E-state index < -0.39 is 5.97 Å². The number of anilines is 1. The number of carbonyl (C=O) groups is 2. The summed E-state index contributed by atoms with van der Waals surface area (Å²) in [5.74, 6) is -1.23. The molecule has 1 aromatic rings. The summed E-state index contributed by atoms with van der Waals surface area (Å²) < 4.78 is 7.71. The van der Waals surface area contributed by atoms with Gasteiger partial charge in [0.2, 0.25) is 0 Å². The summed E-state index contributed by atoms with van der Waals surface area (Å²) in [5.41, 5.74) is 1.47. The van der Waals surface area contributed by atoms with E-state index >= 15 is 0 Å². The van der Waals surface area contributed by atoms with Gasteiger partial charge >= 0.3 is 29.6 Å². The summed E-state index contributed by atoms with van der Waals surface area (Å²) >= 11 is 6.38. The van der Waals surface area contributed by atoms with E-state index in [4.69, 9.17) is 4.74 Å². The van der Waals surface area contributed by atoms with Gasteiger partial charge in [0.25, 0.3) is 5.91 Å². The largest absolute Gasteiger partial charge is 1.00 e. The van der Waals surface area contributed by atoms with Crippen LogP contribution in [0.3, 0.4) is 0 Å². The molecule has 0 aromatic heterocycles. The number of nitrogens with zero attached hydrogens (tertiary/aromatic N) is 1. The van der Waals surface area contributed by atoms with Crippen LogP contribution in [0.15, 0.2) is 6.07 Å². The zero-order valence-electron chi connectivity index (χ0n) is 11.1. The molecule has 1 heterocycles. The van der Waals surface area contributed by atoms with Crippen molar-refractivity contribution >= 4 is 85.3 Å². The van der Waals surface area contributed by atoms with Crippen molar-refractivity contribution in [3.63, 3.8) is 0 Å². The first-order chi connectivity index (χ1) is 9.41. The Kier molecular flexibility index (Phi) is 8.69. The molecule has 0 bridgehead atoms. The number of rotatable bonds is 3. The molecule has 1 aliphatic heterocycles. The molecule has 1 aromatic carbocycles. The molecule has 0 unspecified atom stereocenters. The average Bonchev–Trinajstić information content (AvgIpc) is 2.36. The molecule has 0 atom stereocenters. The minimum Gasteiger partial charge on any atom is -0.550 e. The van der Waals surface area contributed by atoms with Gasteiger partial charge in [-0.15, -0.1) is 0 Å². The zero-order valence-corrected chi connectivity index (χ0v) is 19.6. The van der Waals surface area contributed by atoms with Gasteiger partial charge in [-0.1, -0.05) is 0 Å². The van der Waals surface area contributed by atoms with E-state index in [2.05, 4.69) is 67.8 Å². The smallest absolute Gasteiger partial charge is 0.550 e. The Balaban J connectivity index is 0.00000220. The first kappa shape index (κ1) is 20.4. The number of benzene rings is 1. The van der Waals surface area contributed by atoms with Crippen molar-refractivity contribution in [2.75, 3.05) is 24.7 Å². The second-order valence-electron chi connectivity index (χ2n) is 4.13. The summed E-state index contributed by atoms with van der Waals surface area (Å²) in [7, 11) is 0. The van der Waals surface area contributed by atoms with Gasteiger partial charge in [-0.2, -0.15) is 0 Å². The van der Waals surface area contributed by atoms with Gasteiger partial charge in [-0.25, -0.2) is 0 Å². The molecule has 0 saturated carbocycles. The van der Waals surface area contributed by atoms with Crippen molar-refractivity contribution in [1.29, 1.82) is 0 Å². The monoisotopic (exact) mass is 635 g/mol. The van der Waals surface area contributed by atoms with Crippen LogP contribution >= 0.6 is 67.8 Å². The fraction of sp³-hybridized carbons (Fsp3) is 0.333. The molecule has 21 heavy (non-hydrogen) atoms. The van der Waals surface area contributed by atoms with Crippen molar-refractivity contribution in [3.05, 3.63) is 22.3 Å². The van der Waals surface area contributed by atoms with Crippen molar-refractivity contribution in [3.8, 4) is 0 Å². The Morgan fingerprint density at radius 2 is 2.00 bits per heavy atom. The molecule has 9 heteroatoms. The van der Waals surface area contributed by atoms with Crippen LogP contribution in [0.4, 0.5) is 5.69 Å². The Labute approximate surface area is 185 Å². The number of ether oxygens (including phenoxy) is 1. The quantitative estimate of drug-likeness (QED) is 0.290. The molecule has 5 nitrogen and oxygen atoms in total. The third kappa shape index (κ3) is 4.89. The maximum absolute atomic E-state index is 12.0. The van der Waals surface area contributed by atoms with E-state index in [1.807, 2.05) is 6.07 Å². The molecular formula is C12H9I3NNaO4. The van der Waals surface area contributed by atoms with Gasteiger partial charge in [-0.3, -0.25) is 4.79 Å². The number of carboxylic acid groups (broad SMARTS) is 1. The number of hydrogen-bond acceptors (Lipinski definition) is 4. The molecule has 2 rings (SSSR count). The second-order valence-corrected chi connectivity index (χ2v) is 7.53. The number of amides is 1. The van der Waals surface area contributed by atoms with Crippen LogP contribution in [0.5, 0.6) is 0 Å². The maximum atomic E-state index is 12.0. The molecule has 108 valence electrons. The molecular weight excluding hydrogens is 626 g/mol. The standard InChI is InChI=1S/C12H10I3NO4.Na/c13-7-4-8(14)12(11(15)6(7)3-10(18)19)16-1-2-20-5-9(16)17;/h4H,1-3,5H2,(H,18,19);/q;+1/p-1. The fourth-order valence-corrected chi connectivity index (χ4v) is 6.26. The van der Waals surface area contributed by atoms with Crippen LogP contribution in [0.25, 0.3) is 0 Å². The van der Waals surface area contributed by atoms with Crippen LogP contribution in [-0.4, -0.2) is 31.6 Å². The fourth-order valence-electron chi connectivity index (χ4n) is 1.93. The van der Waals surface area contributed by atoms with Crippen molar-refractivity contribution in [1.82, 2.24) is 0 Å². The van der Waals surface area contributed by atoms with E-state index in [9.17, 15) is 14.7 Å². The molecule has 0 N–H and O–H groups in total. The van der Waals surface area contributed by atoms with Crippen LogP contribution in [0.1, 0.15) is 5.56 Å². The van der Waals surface area contributed by atoms with Gasteiger partial charge in [0.05, 0.1) is 12.3 Å². The average molecular weight is 635 g/mol. The predicted octanol–water partition coefficient (Wildman–Crippen LogP) is -1.84. The number of carbonyl (C=O) groups excluding carboxylic acids is 2. The van der Waals surface area contributed by atoms with Crippen LogP contribution in [-0.2, 0) is 20.7 Å². The SMILES string of the molecule is O=C([O-])Cc1c(I)cc(I)c(N2CCOCC2=O)c1I.[Na+]. The van der Waals surface area contributed by atoms with Gasteiger partial charge in [0.1, 0.15) is 6.61 Å². The van der Waals surface area contributed by atoms with E-state index in [0.717, 1.165) is 16.4 Å². The van der Waals surface area contributed by atoms with Gasteiger partial charge in [0, 0.05) is 29.6 Å². The first-order valence-electron chi connectivity index (χ1n) is 5.66. The summed E-state index contributed by atoms with van der Waals surface area (Å²) in [4.78, 5) is 24.5. The Hall–Kier alpha value is 1.31. The number of hydrogen-bond donors (Lipinski definition) is 0. The molecule has 0 spiro atoms. The van der Waals surface area contributed by atoms with Crippen molar-refractivity contribution in [2.45, 2.75) is 6.42 Å². The van der Waals surface area contributed by atoms with E-state index in [0.29, 0.717) is 18.7 Å². The number of carboxylic acids is 1. The van der Waals surface area contributed by atoms with Gasteiger partial charge in [-0.05, 0) is 79.4 Å². The van der Waals surface area contributed by atoms with Crippen LogP contribution in [0, 0.1) is 10.7 Å². The minimum atomic E-state index is -1.12. The summed E-state index contributed by atoms with van der Waals surface area (Å²) in [5, 5.41) is 10.9. The normalized spacial score (nSPS) is 14.8.